The van der Waals surface area contributed by atoms with Crippen molar-refractivity contribution in [2.24, 2.45) is 0 Å². The second-order valence-electron chi connectivity index (χ2n) is 3.81. The molecule has 6 heteroatoms. The minimum atomic E-state index is -0.812. The third-order valence-corrected chi connectivity index (χ3v) is 2.33. The second kappa shape index (κ2) is 5.79. The highest BCUT2D eigenvalue weighted by Gasteiger charge is 2.14. The van der Waals surface area contributed by atoms with E-state index in [1.54, 1.807) is 7.05 Å². The molecule has 4 nitrogen and oxygen atoms in total. The molecule has 0 aliphatic carbocycles. The standard InChI is InChI=1S/C11H16F2N2O2/c1-15(5-8(16)6-17-2)10-4-7(12)3-9(13)11(10)14/h3-4,8,16H,5-6,14H2,1-2H3. The van der Waals surface area contributed by atoms with Gasteiger partial charge in [-0.05, 0) is 6.07 Å². The molecule has 0 radical (unpaired) electrons. The molecule has 17 heavy (non-hydrogen) atoms. The summed E-state index contributed by atoms with van der Waals surface area (Å²) < 4.78 is 31.0. The number of likely N-dealkylation sites (N-methyl/N-ethyl adjacent to an activating group) is 1. The first-order valence-electron chi connectivity index (χ1n) is 5.08. The van der Waals surface area contributed by atoms with E-state index in [4.69, 9.17) is 10.5 Å². The molecule has 0 saturated heterocycles. The first-order valence-corrected chi connectivity index (χ1v) is 5.08. The van der Waals surface area contributed by atoms with Crippen molar-refractivity contribution in [2.45, 2.75) is 6.10 Å². The summed E-state index contributed by atoms with van der Waals surface area (Å²) in [5.74, 6) is -1.52. The minimum absolute atomic E-state index is 0.140. The lowest BCUT2D eigenvalue weighted by molar-refractivity contribution is 0.0695. The Kier molecular flexibility index (Phi) is 4.65. The Morgan fingerprint density at radius 3 is 2.71 bits per heavy atom. The van der Waals surface area contributed by atoms with E-state index in [0.717, 1.165) is 12.1 Å². The molecule has 1 rings (SSSR count). The Bertz CT molecular complexity index is 388. The van der Waals surface area contributed by atoms with Crippen molar-refractivity contribution >= 4 is 11.4 Å². The highest BCUT2D eigenvalue weighted by molar-refractivity contribution is 5.68. The van der Waals surface area contributed by atoms with Crippen molar-refractivity contribution in [2.75, 3.05) is 37.9 Å². The molecule has 0 aliphatic rings. The van der Waals surface area contributed by atoms with Gasteiger partial charge in [0.05, 0.1) is 24.1 Å². The highest BCUT2D eigenvalue weighted by Crippen LogP contribution is 2.26. The molecule has 1 atom stereocenters. The first kappa shape index (κ1) is 13.7. The van der Waals surface area contributed by atoms with Crippen LogP contribution in [-0.4, -0.2) is 38.5 Å². The number of aliphatic hydroxyl groups excluding tert-OH is 1. The monoisotopic (exact) mass is 246 g/mol. The number of benzene rings is 1. The van der Waals surface area contributed by atoms with Crippen molar-refractivity contribution in [3.05, 3.63) is 23.8 Å². The summed E-state index contributed by atoms with van der Waals surface area (Å²) in [6.45, 7) is 0.309. The molecule has 0 bridgehead atoms. The SMILES string of the molecule is COCC(O)CN(C)c1cc(F)cc(F)c1N. The van der Waals surface area contributed by atoms with Gasteiger partial charge in [-0.1, -0.05) is 0 Å². The molecule has 0 saturated carbocycles. The number of nitrogens with zero attached hydrogens (tertiary/aromatic N) is 1. The topological polar surface area (TPSA) is 58.7 Å². The smallest absolute Gasteiger partial charge is 0.151 e. The number of anilines is 2. The number of halogens is 2. The third-order valence-electron chi connectivity index (χ3n) is 2.33. The molecule has 0 amide bonds. The van der Waals surface area contributed by atoms with E-state index in [2.05, 4.69) is 0 Å². The number of methoxy groups -OCH3 is 1. The Balaban J connectivity index is 2.85. The van der Waals surface area contributed by atoms with Crippen LogP contribution >= 0.6 is 0 Å². The van der Waals surface area contributed by atoms with Crippen LogP contribution in [0.1, 0.15) is 0 Å². The Morgan fingerprint density at radius 2 is 2.12 bits per heavy atom. The van der Waals surface area contributed by atoms with E-state index < -0.39 is 17.7 Å². The summed E-state index contributed by atoms with van der Waals surface area (Å²) in [6, 6.07) is 1.84. The van der Waals surface area contributed by atoms with Gasteiger partial charge < -0.3 is 20.5 Å². The predicted molar refractivity (Wildman–Crippen MR) is 61.9 cm³/mol. The molecule has 0 aliphatic heterocycles. The Labute approximate surface area is 98.6 Å². The molecule has 1 aromatic carbocycles. The van der Waals surface area contributed by atoms with Gasteiger partial charge >= 0.3 is 0 Å². The molecular formula is C11H16F2N2O2. The lowest BCUT2D eigenvalue weighted by Crippen LogP contribution is -2.32. The average molecular weight is 246 g/mol. The number of nitrogen functional groups attached to an aromatic ring is 1. The molecule has 0 spiro atoms. The third kappa shape index (κ3) is 3.54. The Morgan fingerprint density at radius 1 is 1.47 bits per heavy atom. The molecule has 96 valence electrons. The number of rotatable bonds is 5. The van der Waals surface area contributed by atoms with Gasteiger partial charge in [-0.2, -0.15) is 0 Å². The molecular weight excluding hydrogens is 230 g/mol. The van der Waals surface area contributed by atoms with Gasteiger partial charge in [0.15, 0.2) is 5.82 Å². The maximum Gasteiger partial charge on any atom is 0.151 e. The number of hydrogen-bond donors (Lipinski definition) is 2. The lowest BCUT2D eigenvalue weighted by atomic mass is 10.2. The van der Waals surface area contributed by atoms with Crippen LogP contribution in [0.15, 0.2) is 12.1 Å². The largest absolute Gasteiger partial charge is 0.395 e. The van der Waals surface area contributed by atoms with E-state index in [9.17, 15) is 13.9 Å². The van der Waals surface area contributed by atoms with Crippen LogP contribution in [0.2, 0.25) is 0 Å². The van der Waals surface area contributed by atoms with Gasteiger partial charge in [-0.25, -0.2) is 8.78 Å². The molecule has 0 fully saturated rings. The fraction of sp³-hybridized carbons (Fsp3) is 0.455. The summed E-state index contributed by atoms with van der Waals surface area (Å²) in [7, 11) is 3.04. The van der Waals surface area contributed by atoms with Crippen LogP contribution in [0.25, 0.3) is 0 Å². The normalized spacial score (nSPS) is 12.5. The summed E-state index contributed by atoms with van der Waals surface area (Å²) in [4.78, 5) is 1.48. The van der Waals surface area contributed by atoms with Crippen molar-refractivity contribution in [3.63, 3.8) is 0 Å². The van der Waals surface area contributed by atoms with Crippen LogP contribution < -0.4 is 10.6 Å². The number of aliphatic hydroxyl groups is 1. The van der Waals surface area contributed by atoms with Crippen LogP contribution in [0.3, 0.4) is 0 Å². The minimum Gasteiger partial charge on any atom is -0.395 e. The van der Waals surface area contributed by atoms with Crippen LogP contribution in [0, 0.1) is 11.6 Å². The van der Waals surface area contributed by atoms with Crippen LogP contribution in [0.5, 0.6) is 0 Å². The van der Waals surface area contributed by atoms with Crippen LogP contribution in [0.4, 0.5) is 20.2 Å². The maximum absolute atomic E-state index is 13.2. The fourth-order valence-corrected chi connectivity index (χ4v) is 1.55. The van der Waals surface area contributed by atoms with Gasteiger partial charge in [-0.3, -0.25) is 0 Å². The van der Waals surface area contributed by atoms with Gasteiger partial charge in [0.25, 0.3) is 0 Å². The van der Waals surface area contributed by atoms with E-state index in [1.807, 2.05) is 0 Å². The molecule has 1 unspecified atom stereocenters. The van der Waals surface area contributed by atoms with E-state index in [-0.39, 0.29) is 24.5 Å². The predicted octanol–water partition coefficient (Wildman–Crippen LogP) is 0.991. The summed E-state index contributed by atoms with van der Waals surface area (Å²) in [5, 5.41) is 9.52. The molecule has 0 heterocycles. The number of hydrogen-bond acceptors (Lipinski definition) is 4. The maximum atomic E-state index is 13.2. The van der Waals surface area contributed by atoms with Crippen molar-refractivity contribution in [1.29, 1.82) is 0 Å². The average Bonchev–Trinajstić information content (AvgIpc) is 2.23. The molecule has 1 aromatic rings. The first-order chi connectivity index (χ1) is 7.95. The summed E-state index contributed by atoms with van der Waals surface area (Å²) in [6.07, 6.45) is -0.754. The fourth-order valence-electron chi connectivity index (χ4n) is 1.55. The molecule has 0 aromatic heterocycles. The number of nitrogens with two attached hydrogens (primary N) is 1. The van der Waals surface area contributed by atoms with E-state index in [0.29, 0.717) is 0 Å². The second-order valence-corrected chi connectivity index (χ2v) is 3.81. The van der Waals surface area contributed by atoms with Crippen molar-refractivity contribution < 1.29 is 18.6 Å². The van der Waals surface area contributed by atoms with E-state index in [1.165, 1.54) is 12.0 Å². The van der Waals surface area contributed by atoms with Crippen LogP contribution in [-0.2, 0) is 4.74 Å². The van der Waals surface area contributed by atoms with Gasteiger partial charge in [-0.15, -0.1) is 0 Å². The summed E-state index contributed by atoms with van der Waals surface area (Å²) >= 11 is 0. The zero-order valence-electron chi connectivity index (χ0n) is 9.78. The Hall–Kier alpha value is -1.40. The lowest BCUT2D eigenvalue weighted by Gasteiger charge is -2.24. The van der Waals surface area contributed by atoms with Crippen molar-refractivity contribution in [3.8, 4) is 0 Å². The van der Waals surface area contributed by atoms with E-state index >= 15 is 0 Å². The quantitative estimate of drug-likeness (QED) is 0.761. The van der Waals surface area contributed by atoms with Gasteiger partial charge in [0, 0.05) is 26.8 Å². The highest BCUT2D eigenvalue weighted by atomic mass is 19.1. The zero-order chi connectivity index (χ0) is 13.0. The molecule has 3 N–H and O–H groups in total. The zero-order valence-corrected chi connectivity index (χ0v) is 9.78. The van der Waals surface area contributed by atoms with Gasteiger partial charge in [0.2, 0.25) is 0 Å². The number of ether oxygens (including phenoxy) is 1. The van der Waals surface area contributed by atoms with Crippen molar-refractivity contribution in [1.82, 2.24) is 0 Å². The van der Waals surface area contributed by atoms with Gasteiger partial charge in [0.1, 0.15) is 5.82 Å². The summed E-state index contributed by atoms with van der Waals surface area (Å²) in [5.41, 5.74) is 5.57.